The second-order valence-electron chi connectivity index (χ2n) is 4.92. The van der Waals surface area contributed by atoms with E-state index in [1.54, 1.807) is 19.9 Å². The molecule has 1 aromatic carbocycles. The standard InChI is InChI=1S/C15H12N6OS2/c1-8-10(6-16)15(18-9(2)17-8)23-7-13(22)19-11-4-3-5-12-14(11)21-24-20-12/h3-5H,7H2,1-2H3,(H,19,22). The molecule has 120 valence electrons. The fraction of sp³-hybridized carbons (Fsp3) is 0.200. The first-order valence-electron chi connectivity index (χ1n) is 6.97. The van der Waals surface area contributed by atoms with Gasteiger partial charge in [0.2, 0.25) is 5.91 Å². The Kier molecular flexibility index (Phi) is 4.69. The van der Waals surface area contributed by atoms with Gasteiger partial charge in [-0.25, -0.2) is 9.97 Å². The van der Waals surface area contributed by atoms with E-state index < -0.39 is 0 Å². The van der Waals surface area contributed by atoms with Gasteiger partial charge in [0.05, 0.1) is 28.9 Å². The Balaban J connectivity index is 1.73. The van der Waals surface area contributed by atoms with Crippen LogP contribution in [0.3, 0.4) is 0 Å². The van der Waals surface area contributed by atoms with E-state index in [9.17, 15) is 10.1 Å². The fourth-order valence-corrected chi connectivity index (χ4v) is 3.57. The van der Waals surface area contributed by atoms with Crippen molar-refractivity contribution in [2.45, 2.75) is 18.9 Å². The Morgan fingerprint density at radius 1 is 1.33 bits per heavy atom. The molecule has 1 amide bonds. The lowest BCUT2D eigenvalue weighted by molar-refractivity contribution is -0.113. The number of hydrogen-bond acceptors (Lipinski definition) is 8. The molecule has 0 bridgehead atoms. The Morgan fingerprint density at radius 3 is 2.96 bits per heavy atom. The molecule has 0 aliphatic carbocycles. The summed E-state index contributed by atoms with van der Waals surface area (Å²) in [4.78, 5) is 20.6. The summed E-state index contributed by atoms with van der Waals surface area (Å²) < 4.78 is 8.33. The second-order valence-corrected chi connectivity index (χ2v) is 6.42. The van der Waals surface area contributed by atoms with Crippen molar-refractivity contribution in [2.24, 2.45) is 0 Å². The molecular formula is C15H12N6OS2. The molecular weight excluding hydrogens is 344 g/mol. The van der Waals surface area contributed by atoms with E-state index in [0.717, 1.165) is 17.2 Å². The maximum absolute atomic E-state index is 12.2. The van der Waals surface area contributed by atoms with Crippen molar-refractivity contribution < 1.29 is 4.79 Å². The number of nitrogens with one attached hydrogen (secondary N) is 1. The van der Waals surface area contributed by atoms with Crippen LogP contribution in [0.4, 0.5) is 5.69 Å². The number of aryl methyl sites for hydroxylation is 2. The van der Waals surface area contributed by atoms with E-state index in [-0.39, 0.29) is 11.7 Å². The van der Waals surface area contributed by atoms with Gasteiger partial charge in [-0.05, 0) is 26.0 Å². The van der Waals surface area contributed by atoms with Crippen LogP contribution in [0.5, 0.6) is 0 Å². The van der Waals surface area contributed by atoms with E-state index in [1.807, 2.05) is 12.1 Å². The lowest BCUT2D eigenvalue weighted by atomic mass is 10.2. The molecule has 24 heavy (non-hydrogen) atoms. The van der Waals surface area contributed by atoms with Gasteiger partial charge in [-0.3, -0.25) is 4.79 Å². The van der Waals surface area contributed by atoms with Crippen molar-refractivity contribution in [3.05, 3.63) is 35.3 Å². The van der Waals surface area contributed by atoms with Crippen molar-refractivity contribution in [1.29, 1.82) is 5.26 Å². The highest BCUT2D eigenvalue weighted by molar-refractivity contribution is 8.00. The number of thioether (sulfide) groups is 1. The van der Waals surface area contributed by atoms with Crippen molar-refractivity contribution >= 4 is 46.1 Å². The fourth-order valence-electron chi connectivity index (χ4n) is 2.14. The van der Waals surface area contributed by atoms with E-state index >= 15 is 0 Å². The van der Waals surface area contributed by atoms with Crippen LogP contribution in [0.2, 0.25) is 0 Å². The van der Waals surface area contributed by atoms with Crippen LogP contribution in [-0.4, -0.2) is 30.4 Å². The Hall–Kier alpha value is -2.57. The summed E-state index contributed by atoms with van der Waals surface area (Å²) in [5, 5.41) is 12.6. The Bertz CT molecular complexity index is 962. The molecule has 2 heterocycles. The van der Waals surface area contributed by atoms with Crippen LogP contribution < -0.4 is 5.32 Å². The topological polar surface area (TPSA) is 104 Å². The number of carbonyl (C=O) groups is 1. The molecule has 2 aromatic heterocycles. The van der Waals surface area contributed by atoms with E-state index in [0.29, 0.717) is 33.3 Å². The van der Waals surface area contributed by atoms with Gasteiger partial charge in [-0.2, -0.15) is 14.0 Å². The van der Waals surface area contributed by atoms with E-state index in [4.69, 9.17) is 0 Å². The van der Waals surface area contributed by atoms with Crippen LogP contribution >= 0.6 is 23.5 Å². The predicted octanol–water partition coefficient (Wildman–Crippen LogP) is 2.70. The SMILES string of the molecule is Cc1nc(C)c(C#N)c(SCC(=O)Nc2cccc3nsnc23)n1. The van der Waals surface area contributed by atoms with Gasteiger partial charge in [0.1, 0.15) is 33.5 Å². The molecule has 0 atom stereocenters. The normalized spacial score (nSPS) is 10.5. The molecule has 0 spiro atoms. The summed E-state index contributed by atoms with van der Waals surface area (Å²) in [7, 11) is 0. The first kappa shape index (κ1) is 16.3. The van der Waals surface area contributed by atoms with Crippen LogP contribution in [0.25, 0.3) is 11.0 Å². The van der Waals surface area contributed by atoms with Crippen molar-refractivity contribution in [3.63, 3.8) is 0 Å². The third-order valence-corrected chi connectivity index (χ3v) is 4.70. The highest BCUT2D eigenvalue weighted by Gasteiger charge is 2.14. The van der Waals surface area contributed by atoms with Gasteiger partial charge in [-0.15, -0.1) is 0 Å². The monoisotopic (exact) mass is 356 g/mol. The number of aromatic nitrogens is 4. The van der Waals surface area contributed by atoms with Gasteiger partial charge in [0.25, 0.3) is 0 Å². The minimum Gasteiger partial charge on any atom is -0.323 e. The number of amides is 1. The summed E-state index contributed by atoms with van der Waals surface area (Å²) in [6, 6.07) is 7.53. The summed E-state index contributed by atoms with van der Waals surface area (Å²) in [6.45, 7) is 3.52. The lowest BCUT2D eigenvalue weighted by Gasteiger charge is -2.07. The first-order chi connectivity index (χ1) is 11.6. The maximum Gasteiger partial charge on any atom is 0.234 e. The maximum atomic E-state index is 12.2. The third kappa shape index (κ3) is 3.34. The number of nitriles is 1. The van der Waals surface area contributed by atoms with Gasteiger partial charge < -0.3 is 5.32 Å². The molecule has 0 saturated carbocycles. The number of rotatable bonds is 4. The van der Waals surface area contributed by atoms with E-state index in [2.05, 4.69) is 30.1 Å². The van der Waals surface area contributed by atoms with Gasteiger partial charge in [0.15, 0.2) is 0 Å². The number of fused-ring (bicyclic) bond motifs is 1. The molecule has 7 nitrogen and oxygen atoms in total. The predicted molar refractivity (Wildman–Crippen MR) is 93.0 cm³/mol. The molecule has 0 aliphatic heterocycles. The van der Waals surface area contributed by atoms with Crippen LogP contribution in [0.1, 0.15) is 17.1 Å². The average Bonchev–Trinajstić information content (AvgIpc) is 3.02. The summed E-state index contributed by atoms with van der Waals surface area (Å²) in [6.07, 6.45) is 0. The highest BCUT2D eigenvalue weighted by Crippen LogP contribution is 2.24. The summed E-state index contributed by atoms with van der Waals surface area (Å²) in [5.74, 6) is 0.518. The van der Waals surface area contributed by atoms with Crippen LogP contribution in [0, 0.1) is 25.2 Å². The van der Waals surface area contributed by atoms with Gasteiger partial charge in [0, 0.05) is 0 Å². The van der Waals surface area contributed by atoms with Crippen molar-refractivity contribution in [1.82, 2.24) is 18.7 Å². The summed E-state index contributed by atoms with van der Waals surface area (Å²) in [5.41, 5.74) is 3.07. The van der Waals surface area contributed by atoms with Crippen LogP contribution in [0.15, 0.2) is 23.2 Å². The quantitative estimate of drug-likeness (QED) is 0.566. The number of hydrogen-bond donors (Lipinski definition) is 1. The number of nitrogens with zero attached hydrogens (tertiary/aromatic N) is 5. The molecule has 0 saturated heterocycles. The summed E-state index contributed by atoms with van der Waals surface area (Å²) >= 11 is 2.32. The third-order valence-electron chi connectivity index (χ3n) is 3.18. The smallest absolute Gasteiger partial charge is 0.234 e. The number of anilines is 1. The molecule has 0 unspecified atom stereocenters. The molecule has 0 aliphatic rings. The minimum atomic E-state index is -0.196. The van der Waals surface area contributed by atoms with Gasteiger partial charge >= 0.3 is 0 Å². The molecule has 1 N–H and O–H groups in total. The molecule has 9 heteroatoms. The molecule has 3 rings (SSSR count). The van der Waals surface area contributed by atoms with Gasteiger partial charge in [-0.1, -0.05) is 17.8 Å². The average molecular weight is 356 g/mol. The zero-order chi connectivity index (χ0) is 17.1. The number of carbonyl (C=O) groups excluding carboxylic acids is 1. The zero-order valence-corrected chi connectivity index (χ0v) is 14.5. The van der Waals surface area contributed by atoms with Crippen molar-refractivity contribution in [3.8, 4) is 6.07 Å². The molecule has 0 fully saturated rings. The van der Waals surface area contributed by atoms with E-state index in [1.165, 1.54) is 11.8 Å². The largest absolute Gasteiger partial charge is 0.323 e. The highest BCUT2D eigenvalue weighted by atomic mass is 32.2. The second kappa shape index (κ2) is 6.90. The molecule has 3 aromatic rings. The van der Waals surface area contributed by atoms with Crippen molar-refractivity contribution in [2.75, 3.05) is 11.1 Å². The van der Waals surface area contributed by atoms with Crippen LogP contribution in [-0.2, 0) is 4.79 Å². The Morgan fingerprint density at radius 2 is 2.17 bits per heavy atom. The molecule has 0 radical (unpaired) electrons. The first-order valence-corrected chi connectivity index (χ1v) is 8.69. The Labute approximate surface area is 146 Å². The zero-order valence-electron chi connectivity index (χ0n) is 12.9. The number of benzene rings is 1. The lowest BCUT2D eigenvalue weighted by Crippen LogP contribution is -2.14. The minimum absolute atomic E-state index is 0.137.